The number of anilines is 2. The molecule has 1 heterocycles. The van der Waals surface area contributed by atoms with Crippen LogP contribution < -0.4 is 15.4 Å². The Kier molecular flexibility index (Phi) is 7.54. The Hall–Kier alpha value is -2.19. The Balaban J connectivity index is 1.80. The van der Waals surface area contributed by atoms with Gasteiger partial charge in [-0.1, -0.05) is 23.7 Å². The second kappa shape index (κ2) is 9.96. The third kappa shape index (κ3) is 6.17. The standard InChI is InChI=1S/C23H25ClN2O3S2/c1-23(2,28)13-29-18-10-9-16(11-20(18)30-4)26-22(27)21-17(25-3)12-19(31-21)14-5-7-15(24)8-6-14/h5-12,25,28H,13H2,1-4H3,(H,26,27). The first-order chi connectivity index (χ1) is 14.7. The van der Waals surface area contributed by atoms with Crippen molar-refractivity contribution in [2.75, 3.05) is 30.5 Å². The number of benzene rings is 2. The van der Waals surface area contributed by atoms with Gasteiger partial charge >= 0.3 is 0 Å². The fourth-order valence-electron chi connectivity index (χ4n) is 2.81. The molecule has 0 saturated heterocycles. The molecule has 5 nitrogen and oxygen atoms in total. The van der Waals surface area contributed by atoms with E-state index in [1.54, 1.807) is 33.0 Å². The summed E-state index contributed by atoms with van der Waals surface area (Å²) in [5.74, 6) is 0.483. The topological polar surface area (TPSA) is 70.6 Å². The van der Waals surface area contributed by atoms with Crippen LogP contribution in [0.4, 0.5) is 11.4 Å². The van der Waals surface area contributed by atoms with Crippen LogP contribution in [0.3, 0.4) is 0 Å². The van der Waals surface area contributed by atoms with Crippen LogP contribution in [0.2, 0.25) is 5.02 Å². The third-order valence-electron chi connectivity index (χ3n) is 4.34. The van der Waals surface area contributed by atoms with Crippen molar-refractivity contribution in [3.63, 3.8) is 0 Å². The number of amides is 1. The molecule has 0 fully saturated rings. The Morgan fingerprint density at radius 2 is 1.90 bits per heavy atom. The molecular formula is C23H25ClN2O3S2. The molecule has 3 aromatic rings. The number of aliphatic hydroxyl groups is 1. The minimum absolute atomic E-state index is 0.181. The van der Waals surface area contributed by atoms with Crippen molar-refractivity contribution in [3.8, 4) is 16.2 Å². The maximum Gasteiger partial charge on any atom is 0.267 e. The predicted molar refractivity (Wildman–Crippen MR) is 132 cm³/mol. The lowest BCUT2D eigenvalue weighted by Gasteiger charge is -2.19. The lowest BCUT2D eigenvalue weighted by molar-refractivity contribution is 0.0275. The largest absolute Gasteiger partial charge is 0.489 e. The van der Waals surface area contributed by atoms with Crippen molar-refractivity contribution in [2.45, 2.75) is 24.3 Å². The molecule has 8 heteroatoms. The molecular weight excluding hydrogens is 452 g/mol. The zero-order valence-electron chi connectivity index (χ0n) is 17.8. The molecule has 1 amide bonds. The Labute approximate surface area is 195 Å². The summed E-state index contributed by atoms with van der Waals surface area (Å²) in [6.45, 7) is 3.57. The first-order valence-corrected chi connectivity index (χ1v) is 12.0. The van der Waals surface area contributed by atoms with E-state index in [1.165, 1.54) is 23.1 Å². The van der Waals surface area contributed by atoms with E-state index < -0.39 is 5.60 Å². The fraction of sp³-hybridized carbons (Fsp3) is 0.261. The normalized spacial score (nSPS) is 11.3. The number of thioether (sulfide) groups is 1. The highest BCUT2D eigenvalue weighted by molar-refractivity contribution is 7.98. The van der Waals surface area contributed by atoms with Crippen LogP contribution in [0.5, 0.6) is 5.75 Å². The van der Waals surface area contributed by atoms with Gasteiger partial charge in [-0.2, -0.15) is 0 Å². The lowest BCUT2D eigenvalue weighted by Crippen LogP contribution is -2.28. The average Bonchev–Trinajstić information content (AvgIpc) is 3.17. The van der Waals surface area contributed by atoms with Crippen LogP contribution in [0, 0.1) is 0 Å². The number of nitrogens with one attached hydrogen (secondary N) is 2. The fourth-order valence-corrected chi connectivity index (χ4v) is 4.57. The molecule has 3 N–H and O–H groups in total. The summed E-state index contributed by atoms with van der Waals surface area (Å²) >= 11 is 8.92. The number of ether oxygens (including phenoxy) is 1. The second-order valence-corrected chi connectivity index (χ2v) is 9.87. The van der Waals surface area contributed by atoms with Gasteiger partial charge in [0.25, 0.3) is 5.91 Å². The molecule has 0 saturated carbocycles. The van der Waals surface area contributed by atoms with E-state index in [4.69, 9.17) is 16.3 Å². The summed E-state index contributed by atoms with van der Waals surface area (Å²) in [6.07, 6.45) is 1.94. The van der Waals surface area contributed by atoms with E-state index in [9.17, 15) is 9.90 Å². The minimum atomic E-state index is -0.924. The highest BCUT2D eigenvalue weighted by atomic mass is 35.5. The van der Waals surface area contributed by atoms with E-state index in [0.717, 1.165) is 21.0 Å². The maximum absolute atomic E-state index is 13.0. The Morgan fingerprint density at radius 3 is 2.52 bits per heavy atom. The zero-order chi connectivity index (χ0) is 22.6. The molecule has 1 aromatic heterocycles. The molecule has 2 aromatic carbocycles. The van der Waals surface area contributed by atoms with Gasteiger partial charge in [0.15, 0.2) is 0 Å². The van der Waals surface area contributed by atoms with Crippen LogP contribution >= 0.6 is 34.7 Å². The smallest absolute Gasteiger partial charge is 0.267 e. The van der Waals surface area contributed by atoms with Crippen molar-refractivity contribution in [2.24, 2.45) is 0 Å². The number of hydrogen-bond acceptors (Lipinski definition) is 6. The number of rotatable bonds is 8. The van der Waals surface area contributed by atoms with Gasteiger partial charge in [-0.15, -0.1) is 23.1 Å². The first kappa shape index (κ1) is 23.5. The van der Waals surface area contributed by atoms with Crippen LogP contribution in [-0.2, 0) is 0 Å². The van der Waals surface area contributed by atoms with Gasteiger partial charge in [-0.25, -0.2) is 0 Å². The van der Waals surface area contributed by atoms with Crippen LogP contribution in [0.25, 0.3) is 10.4 Å². The van der Waals surface area contributed by atoms with Gasteiger partial charge in [0, 0.05) is 22.6 Å². The maximum atomic E-state index is 13.0. The number of halogens is 1. The molecule has 0 spiro atoms. The number of hydrogen-bond donors (Lipinski definition) is 3. The second-order valence-electron chi connectivity index (χ2n) is 7.53. The number of carbonyl (C=O) groups is 1. The summed E-state index contributed by atoms with van der Waals surface area (Å²) in [7, 11) is 1.80. The SMILES string of the molecule is CNc1cc(-c2ccc(Cl)cc2)sc1C(=O)Nc1ccc(OCC(C)(C)O)c(SC)c1. The molecule has 0 radical (unpaired) electrons. The Morgan fingerprint density at radius 1 is 1.19 bits per heavy atom. The molecule has 0 atom stereocenters. The van der Waals surface area contributed by atoms with E-state index in [-0.39, 0.29) is 12.5 Å². The molecule has 0 aliphatic heterocycles. The van der Waals surface area contributed by atoms with E-state index in [0.29, 0.717) is 21.3 Å². The molecule has 0 aliphatic rings. The highest BCUT2D eigenvalue weighted by Crippen LogP contribution is 2.36. The molecule has 3 rings (SSSR count). The molecule has 0 bridgehead atoms. The van der Waals surface area contributed by atoms with Gasteiger partial charge in [-0.3, -0.25) is 4.79 Å². The summed E-state index contributed by atoms with van der Waals surface area (Å²) < 4.78 is 5.73. The van der Waals surface area contributed by atoms with Gasteiger partial charge in [0.1, 0.15) is 17.2 Å². The van der Waals surface area contributed by atoms with Crippen molar-refractivity contribution in [1.29, 1.82) is 0 Å². The molecule has 164 valence electrons. The van der Waals surface area contributed by atoms with Gasteiger partial charge in [0.2, 0.25) is 0 Å². The Bertz CT molecular complexity index is 1060. The predicted octanol–water partition coefficient (Wildman–Crippen LogP) is 6.23. The summed E-state index contributed by atoms with van der Waals surface area (Å²) in [4.78, 5) is 15.5. The van der Waals surface area contributed by atoms with Gasteiger partial charge in [-0.05, 0) is 62.1 Å². The van der Waals surface area contributed by atoms with Crippen molar-refractivity contribution in [3.05, 3.63) is 58.4 Å². The van der Waals surface area contributed by atoms with Crippen LogP contribution in [0.1, 0.15) is 23.5 Å². The van der Waals surface area contributed by atoms with E-state index in [1.807, 2.05) is 42.7 Å². The quantitative estimate of drug-likeness (QED) is 0.336. The monoisotopic (exact) mass is 476 g/mol. The lowest BCUT2D eigenvalue weighted by atomic mass is 10.2. The number of carbonyl (C=O) groups excluding carboxylic acids is 1. The van der Waals surface area contributed by atoms with E-state index in [2.05, 4.69) is 10.6 Å². The summed E-state index contributed by atoms with van der Waals surface area (Å²) in [5.41, 5.74) is 1.52. The van der Waals surface area contributed by atoms with Crippen LogP contribution in [-0.4, -0.2) is 36.5 Å². The number of thiophene rings is 1. The van der Waals surface area contributed by atoms with Crippen molar-refractivity contribution >= 4 is 52.0 Å². The molecule has 31 heavy (non-hydrogen) atoms. The van der Waals surface area contributed by atoms with E-state index >= 15 is 0 Å². The third-order valence-corrected chi connectivity index (χ3v) is 6.53. The van der Waals surface area contributed by atoms with Crippen molar-refractivity contribution in [1.82, 2.24) is 0 Å². The zero-order valence-corrected chi connectivity index (χ0v) is 20.2. The average molecular weight is 477 g/mol. The van der Waals surface area contributed by atoms with Crippen molar-refractivity contribution < 1.29 is 14.6 Å². The summed E-state index contributed by atoms with van der Waals surface area (Å²) in [6, 6.07) is 15.0. The first-order valence-electron chi connectivity index (χ1n) is 9.62. The minimum Gasteiger partial charge on any atom is -0.489 e. The van der Waals surface area contributed by atoms with Crippen LogP contribution in [0.15, 0.2) is 53.4 Å². The highest BCUT2D eigenvalue weighted by Gasteiger charge is 2.18. The molecule has 0 aliphatic carbocycles. The van der Waals surface area contributed by atoms with Gasteiger partial charge in [0.05, 0.1) is 16.2 Å². The molecule has 0 unspecified atom stereocenters. The van der Waals surface area contributed by atoms with Gasteiger partial charge < -0.3 is 20.5 Å². The summed E-state index contributed by atoms with van der Waals surface area (Å²) in [5, 5.41) is 16.6.